The van der Waals surface area contributed by atoms with Gasteiger partial charge in [0, 0.05) is 9.75 Å². The van der Waals surface area contributed by atoms with Gasteiger partial charge in [-0.05, 0) is 26.0 Å². The molecular weight excluding hydrogens is 168 g/mol. The molecule has 1 rings (SSSR count). The smallest absolute Gasteiger partial charge is 0.0757 e. The highest BCUT2D eigenvalue weighted by Crippen LogP contribution is 2.26. The Morgan fingerprint density at radius 2 is 2.33 bits per heavy atom. The zero-order valence-corrected chi connectivity index (χ0v) is 8.24. The summed E-state index contributed by atoms with van der Waals surface area (Å²) in [6.45, 7) is 7.93. The molecule has 0 radical (unpaired) electrons. The normalized spacial score (nSPS) is 12.9. The van der Waals surface area contributed by atoms with Crippen LogP contribution in [0, 0.1) is 6.92 Å². The number of aryl methyl sites for hydroxylation is 1. The summed E-state index contributed by atoms with van der Waals surface area (Å²) in [5.41, 5.74) is 3.78. The molecule has 0 aromatic carbocycles. The number of rotatable bonds is 3. The fourth-order valence-corrected chi connectivity index (χ4v) is 2.11. The van der Waals surface area contributed by atoms with Crippen LogP contribution in [0.15, 0.2) is 24.3 Å². The predicted molar refractivity (Wildman–Crippen MR) is 53.9 cm³/mol. The highest BCUT2D eigenvalue weighted by atomic mass is 32.1. The van der Waals surface area contributed by atoms with Gasteiger partial charge in [-0.25, -0.2) is 5.43 Å². The van der Waals surface area contributed by atoms with Crippen molar-refractivity contribution in [1.29, 1.82) is 0 Å². The van der Waals surface area contributed by atoms with E-state index in [-0.39, 0.29) is 6.04 Å². The lowest BCUT2D eigenvalue weighted by molar-refractivity contribution is 0.637. The molecule has 0 bridgehead atoms. The van der Waals surface area contributed by atoms with Gasteiger partial charge in [0.15, 0.2) is 0 Å². The van der Waals surface area contributed by atoms with Gasteiger partial charge in [-0.3, -0.25) is 5.84 Å². The lowest BCUT2D eigenvalue weighted by atomic mass is 10.1. The summed E-state index contributed by atoms with van der Waals surface area (Å²) in [4.78, 5) is 2.52. The molecule has 1 heterocycles. The van der Waals surface area contributed by atoms with Crippen LogP contribution in [0.1, 0.15) is 22.7 Å². The Kier molecular flexibility index (Phi) is 3.03. The molecule has 1 aromatic heterocycles. The average molecular weight is 182 g/mol. The van der Waals surface area contributed by atoms with E-state index < -0.39 is 0 Å². The molecule has 0 aliphatic carbocycles. The second-order valence-corrected chi connectivity index (χ2v) is 4.21. The average Bonchev–Trinajstić information content (AvgIpc) is 2.37. The van der Waals surface area contributed by atoms with Crippen LogP contribution in [0.25, 0.3) is 0 Å². The molecule has 66 valence electrons. The number of hydrogen-bond donors (Lipinski definition) is 2. The zero-order chi connectivity index (χ0) is 9.14. The van der Waals surface area contributed by atoms with E-state index in [1.807, 2.05) is 6.92 Å². The molecule has 0 amide bonds. The van der Waals surface area contributed by atoms with E-state index in [2.05, 4.69) is 31.1 Å². The van der Waals surface area contributed by atoms with Gasteiger partial charge in [-0.2, -0.15) is 0 Å². The van der Waals surface area contributed by atoms with Crippen LogP contribution in [-0.4, -0.2) is 0 Å². The Balaban J connectivity index is 2.87. The van der Waals surface area contributed by atoms with Crippen molar-refractivity contribution < 1.29 is 0 Å². The van der Waals surface area contributed by atoms with Crippen LogP contribution in [-0.2, 0) is 0 Å². The first-order chi connectivity index (χ1) is 5.65. The highest BCUT2D eigenvalue weighted by molar-refractivity contribution is 7.12. The Hall–Kier alpha value is -0.640. The van der Waals surface area contributed by atoms with Crippen LogP contribution >= 0.6 is 11.3 Å². The van der Waals surface area contributed by atoms with Crippen LogP contribution in [0.5, 0.6) is 0 Å². The maximum absolute atomic E-state index is 5.41. The fourth-order valence-electron chi connectivity index (χ4n) is 1.08. The zero-order valence-electron chi connectivity index (χ0n) is 7.42. The standard InChI is InChI=1S/C9H14N2S/c1-6(2)9(11-10)8-5-4-7(3)12-8/h4-5,9,11H,1,10H2,2-3H3. The third-order valence-corrected chi connectivity index (χ3v) is 2.77. The summed E-state index contributed by atoms with van der Waals surface area (Å²) in [6.07, 6.45) is 0. The van der Waals surface area contributed by atoms with E-state index in [1.54, 1.807) is 11.3 Å². The molecule has 3 N–H and O–H groups in total. The van der Waals surface area contributed by atoms with E-state index in [0.29, 0.717) is 0 Å². The minimum absolute atomic E-state index is 0.101. The Labute approximate surface area is 77.1 Å². The number of thiophene rings is 1. The lowest BCUT2D eigenvalue weighted by Gasteiger charge is -2.13. The Bertz CT molecular complexity index is 278. The SMILES string of the molecule is C=C(C)C(NN)c1ccc(C)s1. The third-order valence-electron chi connectivity index (χ3n) is 1.71. The summed E-state index contributed by atoms with van der Waals surface area (Å²) < 4.78 is 0. The van der Waals surface area contributed by atoms with Crippen LogP contribution < -0.4 is 11.3 Å². The summed E-state index contributed by atoms with van der Waals surface area (Å²) in [6, 6.07) is 4.27. The Morgan fingerprint density at radius 3 is 2.67 bits per heavy atom. The van der Waals surface area contributed by atoms with Crippen molar-refractivity contribution in [3.8, 4) is 0 Å². The van der Waals surface area contributed by atoms with Gasteiger partial charge >= 0.3 is 0 Å². The predicted octanol–water partition coefficient (Wildman–Crippen LogP) is 2.14. The summed E-state index contributed by atoms with van der Waals surface area (Å²) in [7, 11) is 0. The minimum Gasteiger partial charge on any atom is -0.271 e. The molecule has 2 nitrogen and oxygen atoms in total. The molecule has 0 spiro atoms. The van der Waals surface area contributed by atoms with Crippen molar-refractivity contribution in [3.63, 3.8) is 0 Å². The van der Waals surface area contributed by atoms with Crippen molar-refractivity contribution in [1.82, 2.24) is 5.43 Å². The second-order valence-electron chi connectivity index (χ2n) is 2.89. The second kappa shape index (κ2) is 3.85. The monoisotopic (exact) mass is 182 g/mol. The van der Waals surface area contributed by atoms with E-state index >= 15 is 0 Å². The van der Waals surface area contributed by atoms with Crippen LogP contribution in [0.4, 0.5) is 0 Å². The largest absolute Gasteiger partial charge is 0.271 e. The number of nitrogens with one attached hydrogen (secondary N) is 1. The molecule has 0 saturated heterocycles. The maximum Gasteiger partial charge on any atom is 0.0757 e. The number of nitrogens with two attached hydrogens (primary N) is 1. The molecule has 1 unspecified atom stereocenters. The van der Waals surface area contributed by atoms with Crippen molar-refractivity contribution >= 4 is 11.3 Å². The summed E-state index contributed by atoms with van der Waals surface area (Å²) in [5.74, 6) is 5.41. The molecular formula is C9H14N2S. The van der Waals surface area contributed by atoms with Gasteiger partial charge < -0.3 is 0 Å². The molecule has 0 aliphatic heterocycles. The van der Waals surface area contributed by atoms with Gasteiger partial charge in [-0.15, -0.1) is 11.3 Å². The van der Waals surface area contributed by atoms with Crippen molar-refractivity contribution in [3.05, 3.63) is 34.0 Å². The summed E-state index contributed by atoms with van der Waals surface area (Å²) in [5, 5.41) is 0. The first-order valence-electron chi connectivity index (χ1n) is 3.83. The molecule has 0 aliphatic rings. The van der Waals surface area contributed by atoms with Crippen LogP contribution in [0.3, 0.4) is 0 Å². The van der Waals surface area contributed by atoms with Gasteiger partial charge in [0.25, 0.3) is 0 Å². The first kappa shape index (κ1) is 9.45. The fraction of sp³-hybridized carbons (Fsp3) is 0.333. The van der Waals surface area contributed by atoms with Crippen molar-refractivity contribution in [2.45, 2.75) is 19.9 Å². The van der Waals surface area contributed by atoms with Gasteiger partial charge in [0.1, 0.15) is 0 Å². The highest BCUT2D eigenvalue weighted by Gasteiger charge is 2.11. The topological polar surface area (TPSA) is 38.0 Å². The lowest BCUT2D eigenvalue weighted by Crippen LogP contribution is -2.27. The number of hydrazine groups is 1. The van der Waals surface area contributed by atoms with E-state index in [1.165, 1.54) is 9.75 Å². The first-order valence-corrected chi connectivity index (χ1v) is 4.64. The van der Waals surface area contributed by atoms with Crippen molar-refractivity contribution in [2.24, 2.45) is 5.84 Å². The van der Waals surface area contributed by atoms with Crippen molar-refractivity contribution in [2.75, 3.05) is 0 Å². The van der Waals surface area contributed by atoms with Crippen LogP contribution in [0.2, 0.25) is 0 Å². The Morgan fingerprint density at radius 1 is 1.67 bits per heavy atom. The van der Waals surface area contributed by atoms with E-state index in [9.17, 15) is 0 Å². The third kappa shape index (κ3) is 1.94. The molecule has 12 heavy (non-hydrogen) atoms. The quantitative estimate of drug-likeness (QED) is 0.427. The van der Waals surface area contributed by atoms with Gasteiger partial charge in [-0.1, -0.05) is 12.2 Å². The van der Waals surface area contributed by atoms with E-state index in [0.717, 1.165) is 5.57 Å². The molecule has 1 atom stereocenters. The molecule has 0 saturated carbocycles. The van der Waals surface area contributed by atoms with E-state index in [4.69, 9.17) is 5.84 Å². The minimum atomic E-state index is 0.101. The molecule has 3 heteroatoms. The number of hydrogen-bond acceptors (Lipinski definition) is 3. The molecule has 1 aromatic rings. The molecule has 0 fully saturated rings. The summed E-state index contributed by atoms with van der Waals surface area (Å²) >= 11 is 1.75. The van der Waals surface area contributed by atoms with Gasteiger partial charge in [0.2, 0.25) is 0 Å². The van der Waals surface area contributed by atoms with Gasteiger partial charge in [0.05, 0.1) is 6.04 Å². The maximum atomic E-state index is 5.41.